The predicted molar refractivity (Wildman–Crippen MR) is 153 cm³/mol. The number of nitrogens with one attached hydrogen (secondary N) is 1. The first-order valence-corrected chi connectivity index (χ1v) is 14.9. The number of anilines is 1. The minimum atomic E-state index is -4.26. The van der Waals surface area contributed by atoms with Crippen molar-refractivity contribution >= 4 is 61.0 Å². The summed E-state index contributed by atoms with van der Waals surface area (Å²) in [6, 6.07) is 18.2. The number of nitrogens with two attached hydrogens (primary N) is 1. The molecule has 1 fully saturated rings. The van der Waals surface area contributed by atoms with Crippen LogP contribution in [0.5, 0.6) is 5.75 Å². The lowest BCUT2D eigenvalue weighted by Crippen LogP contribution is -2.45. The van der Waals surface area contributed by atoms with Gasteiger partial charge in [0.1, 0.15) is 0 Å². The molecule has 13 heteroatoms. The molecule has 3 aromatic rings. The summed E-state index contributed by atoms with van der Waals surface area (Å²) in [5.74, 6) is -1.32. The van der Waals surface area contributed by atoms with Gasteiger partial charge in [-0.05, 0) is 67.4 Å². The number of piperidine rings is 1. The molecule has 1 heterocycles. The molecule has 3 N–H and O–H groups in total. The molecule has 0 saturated carbocycles. The number of amides is 3. The van der Waals surface area contributed by atoms with Gasteiger partial charge >= 0.3 is 0 Å². The van der Waals surface area contributed by atoms with Gasteiger partial charge in [0.25, 0.3) is 15.9 Å². The maximum Gasteiger partial charge on any atom is 0.295 e. The number of nitrogens with zero attached hydrogens (tertiary/aromatic N) is 2. The Kier molecular flexibility index (Phi) is 9.33. The number of hydrogen-bond acceptors (Lipinski definition) is 6. The van der Waals surface area contributed by atoms with Crippen molar-refractivity contribution in [2.75, 3.05) is 24.1 Å². The van der Waals surface area contributed by atoms with Gasteiger partial charge in [0.15, 0.2) is 5.75 Å². The molecule has 1 aliphatic rings. The van der Waals surface area contributed by atoms with Crippen LogP contribution in [-0.4, -0.2) is 50.7 Å². The third kappa shape index (κ3) is 6.93. The summed E-state index contributed by atoms with van der Waals surface area (Å²) in [7, 11) is -4.26. The number of sulfonamides is 1. The lowest BCUT2D eigenvalue weighted by molar-refractivity contribution is -0.133. The van der Waals surface area contributed by atoms with E-state index in [4.69, 9.17) is 22.2 Å². The summed E-state index contributed by atoms with van der Waals surface area (Å²) in [6.07, 6.45) is 0.978. The van der Waals surface area contributed by atoms with Gasteiger partial charge in [-0.3, -0.25) is 14.4 Å². The van der Waals surface area contributed by atoms with Gasteiger partial charge < -0.3 is 20.8 Å². The van der Waals surface area contributed by atoms with Crippen LogP contribution in [0, 0.1) is 5.92 Å². The average molecular weight is 650 g/mol. The predicted octanol–water partition coefficient (Wildman–Crippen LogP) is 3.75. The Balaban J connectivity index is 1.45. The highest BCUT2D eigenvalue weighted by atomic mass is 79.9. The molecule has 4 rings (SSSR count). The first kappa shape index (κ1) is 29.4. The first-order chi connectivity index (χ1) is 19.1. The molecule has 210 valence electrons. The van der Waals surface area contributed by atoms with Gasteiger partial charge in [-0.25, -0.2) is 0 Å². The molecule has 0 aliphatic carbocycles. The van der Waals surface area contributed by atoms with Crippen LogP contribution >= 0.6 is 27.5 Å². The topological polar surface area (TPSA) is 139 Å². The van der Waals surface area contributed by atoms with Gasteiger partial charge in [0.2, 0.25) is 11.8 Å². The molecule has 3 amide bonds. The van der Waals surface area contributed by atoms with Gasteiger partial charge in [-0.15, -0.1) is 0 Å². The Labute approximate surface area is 245 Å². The van der Waals surface area contributed by atoms with Crippen LogP contribution in [0.3, 0.4) is 0 Å². The lowest BCUT2D eigenvalue weighted by atomic mass is 9.96. The second-order valence-electron chi connectivity index (χ2n) is 9.00. The number of likely N-dealkylation sites (tertiary alicyclic amines) is 1. The van der Waals surface area contributed by atoms with Crippen LogP contribution in [0.15, 0.2) is 82.2 Å². The highest BCUT2D eigenvalue weighted by Crippen LogP contribution is 2.32. The van der Waals surface area contributed by atoms with Crippen molar-refractivity contribution in [2.45, 2.75) is 17.7 Å². The van der Waals surface area contributed by atoms with Crippen LogP contribution < -0.4 is 20.4 Å². The Morgan fingerprint density at radius 1 is 1.02 bits per heavy atom. The van der Waals surface area contributed by atoms with Crippen molar-refractivity contribution in [1.82, 2.24) is 10.2 Å². The standard InChI is InChI=1S/C27H26BrClN4O6S/c28-20-8-11-24(23(29)16-20)39-33(21-4-2-1-3-5-21)40(37,38)22-9-6-19(7-10-22)27(36)31-17-25(34)32-14-12-18(13-15-32)26(30)35/h1-11,16,18H,12-15,17H2,(H2,30,35)(H,31,36). The summed E-state index contributed by atoms with van der Waals surface area (Å²) in [4.78, 5) is 43.7. The van der Waals surface area contributed by atoms with E-state index in [1.165, 1.54) is 30.3 Å². The zero-order chi connectivity index (χ0) is 28.9. The molecule has 0 bridgehead atoms. The normalized spacial score (nSPS) is 13.9. The maximum absolute atomic E-state index is 13.6. The highest BCUT2D eigenvalue weighted by molar-refractivity contribution is 9.10. The van der Waals surface area contributed by atoms with Crippen LogP contribution in [-0.2, 0) is 19.6 Å². The summed E-state index contributed by atoms with van der Waals surface area (Å²) in [6.45, 7) is 0.546. The number of primary amides is 1. The van der Waals surface area contributed by atoms with Crippen molar-refractivity contribution in [3.05, 3.63) is 87.9 Å². The van der Waals surface area contributed by atoms with Crippen LogP contribution in [0.1, 0.15) is 23.2 Å². The van der Waals surface area contributed by atoms with E-state index in [1.807, 2.05) is 0 Å². The summed E-state index contributed by atoms with van der Waals surface area (Å²) < 4.78 is 28.7. The van der Waals surface area contributed by atoms with Crippen molar-refractivity contribution in [1.29, 1.82) is 0 Å². The van der Waals surface area contributed by atoms with E-state index in [1.54, 1.807) is 47.4 Å². The molecule has 0 radical (unpaired) electrons. The van der Waals surface area contributed by atoms with Crippen molar-refractivity contribution in [3.8, 4) is 5.75 Å². The minimum Gasteiger partial charge on any atom is -0.369 e. The summed E-state index contributed by atoms with van der Waals surface area (Å²) in [5.41, 5.74) is 5.73. The summed E-state index contributed by atoms with van der Waals surface area (Å²) in [5, 5.41) is 2.75. The fourth-order valence-corrected chi connectivity index (χ4v) is 6.04. The summed E-state index contributed by atoms with van der Waals surface area (Å²) >= 11 is 9.57. The van der Waals surface area contributed by atoms with E-state index in [2.05, 4.69) is 21.2 Å². The molecule has 0 atom stereocenters. The minimum absolute atomic E-state index is 0.122. The molecule has 10 nitrogen and oxygen atoms in total. The second kappa shape index (κ2) is 12.7. The van der Waals surface area contributed by atoms with Crippen LogP contribution in [0.4, 0.5) is 5.69 Å². The van der Waals surface area contributed by atoms with Gasteiger partial charge in [0, 0.05) is 29.0 Å². The SMILES string of the molecule is NC(=O)C1CCN(C(=O)CNC(=O)c2ccc(S(=O)(=O)N(Oc3ccc(Br)cc3Cl)c3ccccc3)cc2)CC1. The molecule has 0 spiro atoms. The zero-order valence-electron chi connectivity index (χ0n) is 21.1. The van der Waals surface area contributed by atoms with E-state index < -0.39 is 15.9 Å². The maximum atomic E-state index is 13.6. The van der Waals surface area contributed by atoms with Gasteiger partial charge in [0.05, 0.1) is 22.2 Å². The van der Waals surface area contributed by atoms with E-state index in [9.17, 15) is 22.8 Å². The number of benzene rings is 3. The molecule has 0 aromatic heterocycles. The molecule has 3 aromatic carbocycles. The fourth-order valence-electron chi connectivity index (χ4n) is 4.09. The number of halogens is 2. The quantitative estimate of drug-likeness (QED) is 0.339. The number of hydrogen-bond donors (Lipinski definition) is 2. The number of rotatable bonds is 9. The van der Waals surface area contributed by atoms with Gasteiger partial charge in [-0.1, -0.05) is 50.2 Å². The molecule has 1 saturated heterocycles. The average Bonchev–Trinajstić information content (AvgIpc) is 2.95. The van der Waals surface area contributed by atoms with E-state index in [0.717, 1.165) is 4.47 Å². The Morgan fingerprint density at radius 2 is 1.68 bits per heavy atom. The molecule has 0 unspecified atom stereocenters. The number of para-hydroxylation sites is 1. The van der Waals surface area contributed by atoms with E-state index in [-0.39, 0.29) is 51.2 Å². The second-order valence-corrected chi connectivity index (χ2v) is 12.1. The van der Waals surface area contributed by atoms with Crippen molar-refractivity contribution in [2.24, 2.45) is 11.7 Å². The van der Waals surface area contributed by atoms with E-state index >= 15 is 0 Å². The molecular weight excluding hydrogens is 624 g/mol. The largest absolute Gasteiger partial charge is 0.369 e. The molecule has 1 aliphatic heterocycles. The lowest BCUT2D eigenvalue weighted by Gasteiger charge is -2.30. The third-order valence-corrected chi connectivity index (χ3v) is 8.70. The number of carbonyl (C=O) groups excluding carboxylic acids is 3. The third-order valence-electron chi connectivity index (χ3n) is 6.33. The van der Waals surface area contributed by atoms with Crippen molar-refractivity contribution in [3.63, 3.8) is 0 Å². The molecular formula is C27H26BrClN4O6S. The Bertz CT molecular complexity index is 1500. The fraction of sp³-hybridized carbons (Fsp3) is 0.222. The first-order valence-electron chi connectivity index (χ1n) is 12.2. The number of carbonyl (C=O) groups is 3. The van der Waals surface area contributed by atoms with Crippen LogP contribution in [0.2, 0.25) is 5.02 Å². The Hall–Kier alpha value is -3.61. The van der Waals surface area contributed by atoms with Crippen molar-refractivity contribution < 1.29 is 27.6 Å². The Morgan fingerprint density at radius 3 is 2.27 bits per heavy atom. The van der Waals surface area contributed by atoms with Gasteiger partial charge in [-0.2, -0.15) is 8.42 Å². The van der Waals surface area contributed by atoms with Crippen LogP contribution in [0.25, 0.3) is 0 Å². The smallest absolute Gasteiger partial charge is 0.295 e. The zero-order valence-corrected chi connectivity index (χ0v) is 24.3. The highest BCUT2D eigenvalue weighted by Gasteiger charge is 2.29. The molecule has 40 heavy (non-hydrogen) atoms. The monoisotopic (exact) mass is 648 g/mol. The van der Waals surface area contributed by atoms with E-state index in [0.29, 0.717) is 30.4 Å².